The molecule has 1 rings (SSSR count). The van der Waals surface area contributed by atoms with E-state index in [4.69, 9.17) is 9.84 Å². The highest BCUT2D eigenvalue weighted by molar-refractivity contribution is 5.73. The second-order valence-electron chi connectivity index (χ2n) is 6.75. The summed E-state index contributed by atoms with van der Waals surface area (Å²) in [5.74, 6) is -0.0243. The van der Waals surface area contributed by atoms with Gasteiger partial charge in [-0.25, -0.2) is 4.79 Å². The van der Waals surface area contributed by atoms with Crippen molar-refractivity contribution in [2.75, 3.05) is 26.7 Å². The zero-order valence-corrected chi connectivity index (χ0v) is 15.0. The summed E-state index contributed by atoms with van der Waals surface area (Å²) in [6.07, 6.45) is 0.473. The lowest BCUT2D eigenvalue weighted by atomic mass is 9.86. The van der Waals surface area contributed by atoms with Crippen LogP contribution in [0.4, 0.5) is 4.79 Å². The highest BCUT2D eigenvalue weighted by Gasteiger charge is 2.18. The zero-order chi connectivity index (χ0) is 18.2. The number of carbonyl (C=O) groups is 2. The number of urea groups is 1. The van der Waals surface area contributed by atoms with E-state index in [0.29, 0.717) is 26.1 Å². The molecule has 24 heavy (non-hydrogen) atoms. The van der Waals surface area contributed by atoms with E-state index in [2.05, 4.69) is 26.1 Å². The third-order valence-electron chi connectivity index (χ3n) is 3.57. The molecule has 0 heterocycles. The molecule has 0 saturated heterocycles. The Kier molecular flexibility index (Phi) is 7.55. The van der Waals surface area contributed by atoms with Crippen LogP contribution in [0.2, 0.25) is 0 Å². The molecular weight excluding hydrogens is 308 g/mol. The van der Waals surface area contributed by atoms with E-state index in [0.717, 1.165) is 11.3 Å². The van der Waals surface area contributed by atoms with Crippen LogP contribution < -0.4 is 10.1 Å². The number of hydrogen-bond donors (Lipinski definition) is 2. The SMILES string of the molecule is CN(CCOc1ccccc1C(C)(C)C)C(=O)NCCCC(=O)O. The molecule has 2 amide bonds. The maximum atomic E-state index is 11.9. The second kappa shape index (κ2) is 9.15. The van der Waals surface area contributed by atoms with Crippen LogP contribution in [0.5, 0.6) is 5.75 Å². The lowest BCUT2D eigenvalue weighted by Crippen LogP contribution is -2.39. The molecule has 0 atom stereocenters. The van der Waals surface area contributed by atoms with Gasteiger partial charge in [0.1, 0.15) is 12.4 Å². The molecule has 0 bridgehead atoms. The van der Waals surface area contributed by atoms with E-state index >= 15 is 0 Å². The van der Waals surface area contributed by atoms with E-state index in [-0.39, 0.29) is 17.9 Å². The topological polar surface area (TPSA) is 78.9 Å². The van der Waals surface area contributed by atoms with Crippen LogP contribution in [0, 0.1) is 0 Å². The van der Waals surface area contributed by atoms with Crippen molar-refractivity contribution in [1.29, 1.82) is 0 Å². The number of carboxylic acid groups (broad SMARTS) is 1. The number of carbonyl (C=O) groups excluding carboxylic acids is 1. The molecule has 1 aromatic rings. The number of amides is 2. The molecule has 0 aliphatic carbocycles. The Morgan fingerprint density at radius 3 is 2.54 bits per heavy atom. The number of para-hydroxylation sites is 1. The minimum absolute atomic E-state index is 0.00991. The summed E-state index contributed by atoms with van der Waals surface area (Å²) in [4.78, 5) is 23.8. The molecule has 0 fully saturated rings. The van der Waals surface area contributed by atoms with Crippen molar-refractivity contribution in [1.82, 2.24) is 10.2 Å². The minimum Gasteiger partial charge on any atom is -0.491 e. The monoisotopic (exact) mass is 336 g/mol. The first-order valence-corrected chi connectivity index (χ1v) is 8.15. The number of aliphatic carboxylic acids is 1. The quantitative estimate of drug-likeness (QED) is 0.716. The van der Waals surface area contributed by atoms with Crippen LogP contribution in [0.15, 0.2) is 24.3 Å². The maximum Gasteiger partial charge on any atom is 0.317 e. The number of nitrogens with one attached hydrogen (secondary N) is 1. The van der Waals surface area contributed by atoms with Crippen LogP contribution >= 0.6 is 0 Å². The summed E-state index contributed by atoms with van der Waals surface area (Å²) < 4.78 is 5.84. The molecule has 6 nitrogen and oxygen atoms in total. The fraction of sp³-hybridized carbons (Fsp3) is 0.556. The smallest absolute Gasteiger partial charge is 0.317 e. The highest BCUT2D eigenvalue weighted by Crippen LogP contribution is 2.30. The van der Waals surface area contributed by atoms with Crippen molar-refractivity contribution in [2.45, 2.75) is 39.0 Å². The second-order valence-corrected chi connectivity index (χ2v) is 6.75. The summed E-state index contributed by atoms with van der Waals surface area (Å²) in [5, 5.41) is 11.2. The van der Waals surface area contributed by atoms with E-state index in [1.54, 1.807) is 7.05 Å². The van der Waals surface area contributed by atoms with Crippen molar-refractivity contribution < 1.29 is 19.4 Å². The predicted octanol–water partition coefficient (Wildman–Crippen LogP) is 2.87. The number of hydrogen-bond acceptors (Lipinski definition) is 3. The molecule has 0 saturated carbocycles. The average molecular weight is 336 g/mol. The van der Waals surface area contributed by atoms with Crippen molar-refractivity contribution in [3.05, 3.63) is 29.8 Å². The van der Waals surface area contributed by atoms with E-state index in [1.165, 1.54) is 4.90 Å². The predicted molar refractivity (Wildman–Crippen MR) is 93.5 cm³/mol. The molecule has 1 aromatic carbocycles. The largest absolute Gasteiger partial charge is 0.491 e. The number of benzene rings is 1. The molecular formula is C18H28N2O4. The zero-order valence-electron chi connectivity index (χ0n) is 15.0. The first-order valence-electron chi connectivity index (χ1n) is 8.15. The normalized spacial score (nSPS) is 11.0. The molecule has 0 unspecified atom stereocenters. The summed E-state index contributed by atoms with van der Waals surface area (Å²) in [5.41, 5.74) is 1.12. The molecule has 0 spiro atoms. The molecule has 0 aliphatic rings. The lowest BCUT2D eigenvalue weighted by molar-refractivity contribution is -0.137. The Bertz CT molecular complexity index is 552. The molecule has 134 valence electrons. The van der Waals surface area contributed by atoms with E-state index in [1.807, 2.05) is 24.3 Å². The fourth-order valence-electron chi connectivity index (χ4n) is 2.18. The van der Waals surface area contributed by atoms with Gasteiger partial charge in [0.25, 0.3) is 0 Å². The van der Waals surface area contributed by atoms with Crippen molar-refractivity contribution in [3.63, 3.8) is 0 Å². The number of carboxylic acids is 1. The Morgan fingerprint density at radius 2 is 1.92 bits per heavy atom. The Morgan fingerprint density at radius 1 is 1.25 bits per heavy atom. The summed E-state index contributed by atoms with van der Waals surface area (Å²) in [6, 6.07) is 7.68. The van der Waals surface area contributed by atoms with Crippen LogP contribution in [-0.4, -0.2) is 48.8 Å². The van der Waals surface area contributed by atoms with Crippen LogP contribution in [0.25, 0.3) is 0 Å². The van der Waals surface area contributed by atoms with Crippen LogP contribution in [0.1, 0.15) is 39.2 Å². The molecule has 0 radical (unpaired) electrons. The van der Waals surface area contributed by atoms with Crippen molar-refractivity contribution in [2.24, 2.45) is 0 Å². The van der Waals surface area contributed by atoms with Crippen molar-refractivity contribution >= 4 is 12.0 Å². The molecule has 0 aliphatic heterocycles. The summed E-state index contributed by atoms with van der Waals surface area (Å²) in [7, 11) is 1.69. The third kappa shape index (κ3) is 6.89. The maximum absolute atomic E-state index is 11.9. The molecule has 2 N–H and O–H groups in total. The van der Waals surface area contributed by atoms with Gasteiger partial charge in [-0.05, 0) is 23.5 Å². The van der Waals surface area contributed by atoms with Gasteiger partial charge < -0.3 is 20.1 Å². The van der Waals surface area contributed by atoms with E-state index < -0.39 is 5.97 Å². The number of ether oxygens (including phenoxy) is 1. The van der Waals surface area contributed by atoms with Gasteiger partial charge in [-0.3, -0.25) is 4.79 Å². The van der Waals surface area contributed by atoms with Crippen molar-refractivity contribution in [3.8, 4) is 5.75 Å². The Hall–Kier alpha value is -2.24. The van der Waals surface area contributed by atoms with Crippen LogP contribution in [-0.2, 0) is 10.2 Å². The fourth-order valence-corrected chi connectivity index (χ4v) is 2.18. The number of rotatable bonds is 8. The van der Waals surface area contributed by atoms with Gasteiger partial charge in [-0.2, -0.15) is 0 Å². The van der Waals surface area contributed by atoms with Gasteiger partial charge in [0.15, 0.2) is 0 Å². The summed E-state index contributed by atoms with van der Waals surface area (Å²) >= 11 is 0. The highest BCUT2D eigenvalue weighted by atomic mass is 16.5. The minimum atomic E-state index is -0.858. The first kappa shape index (κ1) is 19.8. The average Bonchev–Trinajstić information content (AvgIpc) is 2.50. The van der Waals surface area contributed by atoms with Gasteiger partial charge in [0, 0.05) is 20.0 Å². The number of likely N-dealkylation sites (N-methyl/N-ethyl adjacent to an activating group) is 1. The van der Waals surface area contributed by atoms with Gasteiger partial charge in [-0.1, -0.05) is 39.0 Å². The molecule has 6 heteroatoms. The molecule has 0 aromatic heterocycles. The first-order chi connectivity index (χ1) is 11.2. The third-order valence-corrected chi connectivity index (χ3v) is 3.57. The van der Waals surface area contributed by atoms with Gasteiger partial charge in [-0.15, -0.1) is 0 Å². The number of nitrogens with zero attached hydrogens (tertiary/aromatic N) is 1. The van der Waals surface area contributed by atoms with Crippen LogP contribution in [0.3, 0.4) is 0 Å². The van der Waals surface area contributed by atoms with Gasteiger partial charge >= 0.3 is 12.0 Å². The Labute approximate surface area is 143 Å². The summed E-state index contributed by atoms with van der Waals surface area (Å²) in [6.45, 7) is 7.59. The van der Waals surface area contributed by atoms with E-state index in [9.17, 15) is 9.59 Å². The Balaban J connectivity index is 2.39. The lowest BCUT2D eigenvalue weighted by Gasteiger charge is -2.23. The van der Waals surface area contributed by atoms with Gasteiger partial charge in [0.2, 0.25) is 0 Å². The van der Waals surface area contributed by atoms with Gasteiger partial charge in [0.05, 0.1) is 6.54 Å². The standard InChI is InChI=1S/C18H28N2O4/c1-18(2,3)14-8-5-6-9-15(14)24-13-12-20(4)17(23)19-11-7-10-16(21)22/h5-6,8-9H,7,10-13H2,1-4H3,(H,19,23)(H,21,22).